The molecular formula is C16H24N2O. The molecule has 2 fully saturated rings. The van der Waals surface area contributed by atoms with Crippen LogP contribution in [0.2, 0.25) is 0 Å². The number of methoxy groups -OCH3 is 1. The topological polar surface area (TPSA) is 24.5 Å². The van der Waals surface area contributed by atoms with Crippen LogP contribution in [-0.4, -0.2) is 36.2 Å². The minimum Gasteiger partial charge on any atom is -0.497 e. The molecule has 1 N–H and O–H groups in total. The van der Waals surface area contributed by atoms with E-state index in [9.17, 15) is 0 Å². The third-order valence-electron chi connectivity index (χ3n) is 5.02. The van der Waals surface area contributed by atoms with E-state index in [1.54, 1.807) is 7.11 Å². The lowest BCUT2D eigenvalue weighted by atomic mass is 9.95. The lowest BCUT2D eigenvalue weighted by molar-refractivity contribution is 0.0174. The molecule has 0 amide bonds. The van der Waals surface area contributed by atoms with Crippen LogP contribution in [0, 0.1) is 0 Å². The molecule has 2 saturated heterocycles. The van der Waals surface area contributed by atoms with E-state index < -0.39 is 0 Å². The summed E-state index contributed by atoms with van der Waals surface area (Å²) in [6.45, 7) is 8.05. The van der Waals surface area contributed by atoms with Gasteiger partial charge in [-0.1, -0.05) is 12.1 Å². The molecule has 2 heterocycles. The Bertz CT molecular complexity index is 440. The number of benzene rings is 1. The van der Waals surface area contributed by atoms with Gasteiger partial charge in [-0.2, -0.15) is 0 Å². The van der Waals surface area contributed by atoms with Crippen molar-refractivity contribution in [3.05, 3.63) is 29.8 Å². The molecule has 1 aromatic carbocycles. The van der Waals surface area contributed by atoms with E-state index in [2.05, 4.69) is 48.3 Å². The Morgan fingerprint density at radius 2 is 1.68 bits per heavy atom. The van der Waals surface area contributed by atoms with E-state index in [-0.39, 0.29) is 0 Å². The highest BCUT2D eigenvalue weighted by atomic mass is 16.5. The first-order valence-electron chi connectivity index (χ1n) is 7.17. The van der Waals surface area contributed by atoms with Crippen LogP contribution < -0.4 is 10.1 Å². The van der Waals surface area contributed by atoms with Gasteiger partial charge in [0, 0.05) is 30.7 Å². The SMILES string of the molecule is COc1ccc(CN2C3(C)CCC2(C)CNC3)cc1. The monoisotopic (exact) mass is 260 g/mol. The van der Waals surface area contributed by atoms with E-state index in [4.69, 9.17) is 4.74 Å². The molecule has 104 valence electrons. The molecule has 2 unspecified atom stereocenters. The summed E-state index contributed by atoms with van der Waals surface area (Å²) in [4.78, 5) is 2.71. The summed E-state index contributed by atoms with van der Waals surface area (Å²) in [6.07, 6.45) is 2.60. The van der Waals surface area contributed by atoms with Crippen LogP contribution in [0.3, 0.4) is 0 Å². The zero-order valence-corrected chi connectivity index (χ0v) is 12.2. The number of fused-ring (bicyclic) bond motifs is 2. The molecule has 19 heavy (non-hydrogen) atoms. The zero-order valence-electron chi connectivity index (χ0n) is 12.2. The Kier molecular flexibility index (Phi) is 3.06. The quantitative estimate of drug-likeness (QED) is 0.903. The lowest BCUT2D eigenvalue weighted by Gasteiger charge is -2.48. The van der Waals surface area contributed by atoms with Crippen molar-refractivity contribution in [2.75, 3.05) is 20.2 Å². The summed E-state index contributed by atoms with van der Waals surface area (Å²) in [5.74, 6) is 0.935. The third-order valence-corrected chi connectivity index (χ3v) is 5.02. The lowest BCUT2D eigenvalue weighted by Crippen LogP contribution is -2.63. The van der Waals surface area contributed by atoms with Crippen LogP contribution in [0.4, 0.5) is 0 Å². The molecule has 0 saturated carbocycles. The molecule has 3 nitrogen and oxygen atoms in total. The summed E-state index contributed by atoms with van der Waals surface area (Å²) in [7, 11) is 1.72. The van der Waals surface area contributed by atoms with Crippen LogP contribution in [0.15, 0.2) is 24.3 Å². The van der Waals surface area contributed by atoms with Crippen molar-refractivity contribution < 1.29 is 4.74 Å². The van der Waals surface area contributed by atoms with Gasteiger partial charge in [-0.25, -0.2) is 0 Å². The van der Waals surface area contributed by atoms with Crippen LogP contribution in [0.5, 0.6) is 5.75 Å². The van der Waals surface area contributed by atoms with Gasteiger partial charge in [-0.05, 0) is 44.4 Å². The fourth-order valence-corrected chi connectivity index (χ4v) is 3.72. The van der Waals surface area contributed by atoms with Crippen molar-refractivity contribution >= 4 is 0 Å². The second-order valence-electron chi connectivity index (χ2n) is 6.53. The highest BCUT2D eigenvalue weighted by molar-refractivity contribution is 5.28. The first kappa shape index (κ1) is 12.9. The smallest absolute Gasteiger partial charge is 0.118 e. The fourth-order valence-electron chi connectivity index (χ4n) is 3.72. The van der Waals surface area contributed by atoms with Crippen molar-refractivity contribution in [2.45, 2.75) is 44.3 Å². The van der Waals surface area contributed by atoms with E-state index >= 15 is 0 Å². The molecule has 1 aromatic rings. The van der Waals surface area contributed by atoms with Gasteiger partial charge >= 0.3 is 0 Å². The van der Waals surface area contributed by atoms with E-state index in [0.717, 1.165) is 25.4 Å². The highest BCUT2D eigenvalue weighted by Gasteiger charge is 2.52. The Balaban J connectivity index is 1.81. The fraction of sp³-hybridized carbons (Fsp3) is 0.625. The highest BCUT2D eigenvalue weighted by Crippen LogP contribution is 2.43. The molecule has 0 radical (unpaired) electrons. The summed E-state index contributed by atoms with van der Waals surface area (Å²) >= 11 is 0. The molecule has 2 aliphatic rings. The number of nitrogens with zero attached hydrogens (tertiary/aromatic N) is 1. The second kappa shape index (κ2) is 4.50. The minimum atomic E-state index is 0.312. The van der Waals surface area contributed by atoms with Gasteiger partial charge in [0.2, 0.25) is 0 Å². The predicted octanol–water partition coefficient (Wildman–Crippen LogP) is 2.41. The predicted molar refractivity (Wildman–Crippen MR) is 77.5 cm³/mol. The molecule has 0 spiro atoms. The summed E-state index contributed by atoms with van der Waals surface area (Å²) in [6, 6.07) is 8.49. The minimum absolute atomic E-state index is 0.312. The maximum Gasteiger partial charge on any atom is 0.118 e. The molecule has 3 heteroatoms. The first-order valence-corrected chi connectivity index (χ1v) is 7.17. The Hall–Kier alpha value is -1.06. The standard InChI is InChI=1S/C16H24N2O/c1-15-8-9-16(2,12-17-11-15)18(15)10-13-4-6-14(19-3)7-5-13/h4-7,17H,8-12H2,1-3H3. The summed E-state index contributed by atoms with van der Waals surface area (Å²) in [5, 5.41) is 3.60. The maximum atomic E-state index is 5.23. The van der Waals surface area contributed by atoms with Crippen LogP contribution in [0.1, 0.15) is 32.3 Å². The first-order chi connectivity index (χ1) is 9.06. The average Bonchev–Trinajstić information content (AvgIpc) is 2.56. The van der Waals surface area contributed by atoms with Gasteiger partial charge in [0.05, 0.1) is 7.11 Å². The van der Waals surface area contributed by atoms with E-state index in [1.807, 2.05) is 0 Å². The largest absolute Gasteiger partial charge is 0.497 e. The molecule has 2 atom stereocenters. The van der Waals surface area contributed by atoms with Gasteiger partial charge in [-0.3, -0.25) is 4.90 Å². The molecular weight excluding hydrogens is 236 g/mol. The number of piperazine rings is 1. The molecule has 0 aromatic heterocycles. The Morgan fingerprint density at radius 3 is 2.21 bits per heavy atom. The third kappa shape index (κ3) is 2.15. The number of ether oxygens (including phenoxy) is 1. The van der Waals surface area contributed by atoms with Crippen molar-refractivity contribution in [1.29, 1.82) is 0 Å². The Labute approximate surface area is 115 Å². The van der Waals surface area contributed by atoms with Crippen LogP contribution >= 0.6 is 0 Å². The van der Waals surface area contributed by atoms with Crippen molar-refractivity contribution in [1.82, 2.24) is 10.2 Å². The van der Waals surface area contributed by atoms with Crippen molar-refractivity contribution in [3.8, 4) is 5.75 Å². The van der Waals surface area contributed by atoms with Gasteiger partial charge < -0.3 is 10.1 Å². The normalized spacial score (nSPS) is 34.5. The number of rotatable bonds is 3. The van der Waals surface area contributed by atoms with Crippen molar-refractivity contribution in [2.24, 2.45) is 0 Å². The van der Waals surface area contributed by atoms with Crippen molar-refractivity contribution in [3.63, 3.8) is 0 Å². The number of hydrogen-bond donors (Lipinski definition) is 1. The van der Waals surface area contributed by atoms with Gasteiger partial charge in [-0.15, -0.1) is 0 Å². The van der Waals surface area contributed by atoms with Crippen LogP contribution in [-0.2, 0) is 6.54 Å². The maximum absolute atomic E-state index is 5.23. The van der Waals surface area contributed by atoms with Gasteiger partial charge in [0.15, 0.2) is 0 Å². The summed E-state index contributed by atoms with van der Waals surface area (Å²) < 4.78 is 5.23. The Morgan fingerprint density at radius 1 is 1.11 bits per heavy atom. The second-order valence-corrected chi connectivity index (χ2v) is 6.53. The van der Waals surface area contributed by atoms with E-state index in [1.165, 1.54) is 18.4 Å². The van der Waals surface area contributed by atoms with Gasteiger partial charge in [0.1, 0.15) is 5.75 Å². The molecule has 3 rings (SSSR count). The van der Waals surface area contributed by atoms with Gasteiger partial charge in [0.25, 0.3) is 0 Å². The number of hydrogen-bond acceptors (Lipinski definition) is 3. The molecule has 2 bridgehead atoms. The summed E-state index contributed by atoms with van der Waals surface area (Å²) in [5.41, 5.74) is 2.00. The molecule has 0 aliphatic carbocycles. The number of nitrogens with one attached hydrogen (secondary N) is 1. The van der Waals surface area contributed by atoms with E-state index in [0.29, 0.717) is 11.1 Å². The van der Waals surface area contributed by atoms with Crippen LogP contribution in [0.25, 0.3) is 0 Å². The zero-order chi connectivity index (χ0) is 13.5. The average molecular weight is 260 g/mol. The molecule has 2 aliphatic heterocycles.